The molecule has 0 aliphatic carbocycles. The number of unbranched alkanes of at least 4 members (excludes halogenated alkanes) is 12. The van der Waals surface area contributed by atoms with E-state index in [0.717, 1.165) is 32.3 Å². The second-order valence-corrected chi connectivity index (χ2v) is 8.28. The summed E-state index contributed by atoms with van der Waals surface area (Å²) in [6.45, 7) is 3.76. The number of esters is 2. The summed E-state index contributed by atoms with van der Waals surface area (Å²) in [5.74, 6) is -0.656. The van der Waals surface area contributed by atoms with Gasteiger partial charge in [0.05, 0.1) is 25.6 Å². The molecule has 1 fully saturated rings. The van der Waals surface area contributed by atoms with Crippen molar-refractivity contribution in [2.45, 2.75) is 122 Å². The van der Waals surface area contributed by atoms with Crippen molar-refractivity contribution in [3.8, 4) is 0 Å². The van der Waals surface area contributed by atoms with E-state index in [4.69, 9.17) is 14.2 Å². The second kappa shape index (κ2) is 18.9. The molecule has 0 aromatic rings. The van der Waals surface area contributed by atoms with Crippen LogP contribution in [-0.4, -0.2) is 37.9 Å². The Bertz CT molecular complexity index is 404. The minimum absolute atomic E-state index is 0.0291. The molecular weight excluding hydrogens is 368 g/mol. The Morgan fingerprint density at radius 2 is 1.28 bits per heavy atom. The van der Waals surface area contributed by atoms with Crippen LogP contribution < -0.4 is 0 Å². The van der Waals surface area contributed by atoms with E-state index >= 15 is 0 Å². The van der Waals surface area contributed by atoms with Crippen LogP contribution in [0.25, 0.3) is 0 Å². The average molecular weight is 413 g/mol. The SMILES string of the molecule is CCCCCCCCCCCCCCCOC(=O)CCC(=O)OCC1CCCO1. The number of ether oxygens (including phenoxy) is 3. The lowest BCUT2D eigenvalue weighted by Crippen LogP contribution is -2.18. The smallest absolute Gasteiger partial charge is 0.306 e. The molecule has 1 unspecified atom stereocenters. The second-order valence-electron chi connectivity index (χ2n) is 8.28. The topological polar surface area (TPSA) is 61.8 Å². The van der Waals surface area contributed by atoms with E-state index < -0.39 is 0 Å². The Morgan fingerprint density at radius 3 is 1.79 bits per heavy atom. The van der Waals surface area contributed by atoms with Crippen molar-refractivity contribution in [3.63, 3.8) is 0 Å². The van der Waals surface area contributed by atoms with Gasteiger partial charge in [-0.3, -0.25) is 9.59 Å². The summed E-state index contributed by atoms with van der Waals surface area (Å²) in [7, 11) is 0. The molecule has 0 N–H and O–H groups in total. The Balaban J connectivity index is 1.78. The lowest BCUT2D eigenvalue weighted by atomic mass is 10.0. The van der Waals surface area contributed by atoms with Gasteiger partial charge < -0.3 is 14.2 Å². The Hall–Kier alpha value is -1.10. The van der Waals surface area contributed by atoms with E-state index in [-0.39, 0.29) is 30.9 Å². The van der Waals surface area contributed by atoms with Crippen LogP contribution in [-0.2, 0) is 23.8 Å². The first-order chi connectivity index (χ1) is 14.2. The van der Waals surface area contributed by atoms with Crippen LogP contribution in [0, 0.1) is 0 Å². The van der Waals surface area contributed by atoms with Gasteiger partial charge in [-0.25, -0.2) is 0 Å². The zero-order chi connectivity index (χ0) is 21.0. The van der Waals surface area contributed by atoms with E-state index in [0.29, 0.717) is 13.2 Å². The molecule has 1 saturated heterocycles. The van der Waals surface area contributed by atoms with Crippen molar-refractivity contribution in [1.29, 1.82) is 0 Å². The van der Waals surface area contributed by atoms with Gasteiger partial charge in [0.25, 0.3) is 0 Å². The lowest BCUT2D eigenvalue weighted by molar-refractivity contribution is -0.152. The van der Waals surface area contributed by atoms with Gasteiger partial charge in [0.15, 0.2) is 0 Å². The van der Waals surface area contributed by atoms with Gasteiger partial charge in [-0.2, -0.15) is 0 Å². The van der Waals surface area contributed by atoms with Gasteiger partial charge in [0.1, 0.15) is 6.61 Å². The molecule has 0 spiro atoms. The number of hydrogen-bond donors (Lipinski definition) is 0. The molecule has 0 amide bonds. The molecule has 1 aliphatic heterocycles. The third-order valence-corrected chi connectivity index (χ3v) is 5.50. The van der Waals surface area contributed by atoms with E-state index in [1.54, 1.807) is 0 Å². The standard InChI is InChI=1S/C24H44O5/c1-2-3-4-5-6-7-8-9-10-11-12-13-14-19-28-23(25)17-18-24(26)29-21-22-16-15-20-27-22/h22H,2-21H2,1H3. The number of carbonyl (C=O) groups excluding carboxylic acids is 2. The van der Waals surface area contributed by atoms with E-state index in [9.17, 15) is 9.59 Å². The summed E-state index contributed by atoms with van der Waals surface area (Å²) in [6, 6.07) is 0. The van der Waals surface area contributed by atoms with Crippen molar-refractivity contribution in [3.05, 3.63) is 0 Å². The molecule has 0 saturated carbocycles. The van der Waals surface area contributed by atoms with Crippen LogP contribution in [0.3, 0.4) is 0 Å². The first-order valence-electron chi connectivity index (χ1n) is 12.1. The molecule has 1 rings (SSSR count). The number of carbonyl (C=O) groups is 2. The monoisotopic (exact) mass is 412 g/mol. The van der Waals surface area contributed by atoms with Crippen molar-refractivity contribution in [2.24, 2.45) is 0 Å². The van der Waals surface area contributed by atoms with Gasteiger partial charge in [-0.05, 0) is 19.3 Å². The molecule has 5 nitrogen and oxygen atoms in total. The van der Waals surface area contributed by atoms with Crippen molar-refractivity contribution < 1.29 is 23.8 Å². The van der Waals surface area contributed by atoms with E-state index in [1.165, 1.54) is 70.6 Å². The van der Waals surface area contributed by atoms with Crippen molar-refractivity contribution >= 4 is 11.9 Å². The predicted molar refractivity (Wildman–Crippen MR) is 116 cm³/mol. The first-order valence-corrected chi connectivity index (χ1v) is 12.1. The van der Waals surface area contributed by atoms with Crippen LogP contribution in [0.15, 0.2) is 0 Å². The normalized spacial score (nSPS) is 16.1. The van der Waals surface area contributed by atoms with Crippen molar-refractivity contribution in [2.75, 3.05) is 19.8 Å². The average Bonchev–Trinajstić information content (AvgIpc) is 3.24. The molecule has 1 aliphatic rings. The maximum atomic E-state index is 11.7. The fourth-order valence-electron chi connectivity index (χ4n) is 3.62. The third kappa shape index (κ3) is 16.4. The van der Waals surface area contributed by atoms with E-state index in [2.05, 4.69) is 6.92 Å². The third-order valence-electron chi connectivity index (χ3n) is 5.50. The minimum Gasteiger partial charge on any atom is -0.466 e. The Kier molecular flexibility index (Phi) is 16.9. The van der Waals surface area contributed by atoms with Gasteiger partial charge >= 0.3 is 11.9 Å². The molecule has 0 aromatic carbocycles. The lowest BCUT2D eigenvalue weighted by Gasteiger charge is -2.10. The highest BCUT2D eigenvalue weighted by Crippen LogP contribution is 2.13. The number of hydrogen-bond acceptors (Lipinski definition) is 5. The van der Waals surface area contributed by atoms with Gasteiger partial charge in [0.2, 0.25) is 0 Å². The molecule has 1 atom stereocenters. The fraction of sp³-hybridized carbons (Fsp3) is 0.917. The van der Waals surface area contributed by atoms with E-state index in [1.807, 2.05) is 0 Å². The zero-order valence-electron chi connectivity index (χ0n) is 18.8. The quantitative estimate of drug-likeness (QED) is 0.189. The van der Waals surface area contributed by atoms with Crippen LogP contribution in [0.2, 0.25) is 0 Å². The van der Waals surface area contributed by atoms with Gasteiger partial charge in [-0.1, -0.05) is 84.0 Å². The van der Waals surface area contributed by atoms with Crippen LogP contribution in [0.1, 0.15) is 116 Å². The van der Waals surface area contributed by atoms with Gasteiger partial charge in [0, 0.05) is 6.61 Å². The fourth-order valence-corrected chi connectivity index (χ4v) is 3.62. The maximum absolute atomic E-state index is 11.7. The molecular formula is C24H44O5. The highest BCUT2D eigenvalue weighted by atomic mass is 16.6. The highest BCUT2D eigenvalue weighted by molar-refractivity contribution is 5.77. The predicted octanol–water partition coefficient (Wildman–Crippen LogP) is 6.12. The summed E-state index contributed by atoms with van der Waals surface area (Å²) in [5.41, 5.74) is 0. The summed E-state index contributed by atoms with van der Waals surface area (Å²) in [6.07, 6.45) is 19.0. The van der Waals surface area contributed by atoms with Crippen molar-refractivity contribution in [1.82, 2.24) is 0 Å². The largest absolute Gasteiger partial charge is 0.466 e. The summed E-state index contributed by atoms with van der Waals surface area (Å²) in [4.78, 5) is 23.3. The summed E-state index contributed by atoms with van der Waals surface area (Å²) >= 11 is 0. The molecule has 5 heteroatoms. The molecule has 29 heavy (non-hydrogen) atoms. The zero-order valence-corrected chi connectivity index (χ0v) is 18.8. The van der Waals surface area contributed by atoms with Crippen LogP contribution >= 0.6 is 0 Å². The minimum atomic E-state index is -0.349. The summed E-state index contributed by atoms with van der Waals surface area (Å²) in [5, 5.41) is 0. The molecule has 1 heterocycles. The molecule has 170 valence electrons. The maximum Gasteiger partial charge on any atom is 0.306 e. The Labute approximate surface area is 178 Å². The summed E-state index contributed by atoms with van der Waals surface area (Å²) < 4.78 is 15.7. The Morgan fingerprint density at radius 1 is 0.759 bits per heavy atom. The van der Waals surface area contributed by atoms with Crippen LogP contribution in [0.5, 0.6) is 0 Å². The molecule has 0 aromatic heterocycles. The highest BCUT2D eigenvalue weighted by Gasteiger charge is 2.18. The number of rotatable bonds is 19. The van der Waals surface area contributed by atoms with Gasteiger partial charge in [-0.15, -0.1) is 0 Å². The molecule has 0 radical (unpaired) electrons. The first kappa shape index (κ1) is 25.9. The van der Waals surface area contributed by atoms with Crippen LogP contribution in [0.4, 0.5) is 0 Å². The molecule has 0 bridgehead atoms.